The van der Waals surface area contributed by atoms with Crippen LogP contribution in [-0.2, 0) is 0 Å². The van der Waals surface area contributed by atoms with Crippen molar-refractivity contribution >= 4 is 0 Å². The summed E-state index contributed by atoms with van der Waals surface area (Å²) in [6.07, 6.45) is 8.62. The van der Waals surface area contributed by atoms with Gasteiger partial charge in [0.15, 0.2) is 0 Å². The van der Waals surface area contributed by atoms with Crippen molar-refractivity contribution in [2.24, 2.45) is 35.5 Å². The molecule has 0 bridgehead atoms. The Morgan fingerprint density at radius 3 is 2.11 bits per heavy atom. The van der Waals surface area contributed by atoms with Crippen molar-refractivity contribution in [3.8, 4) is 0 Å². The lowest BCUT2D eigenvalue weighted by Gasteiger charge is -2.48. The average Bonchev–Trinajstić information content (AvgIpc) is 2.36. The van der Waals surface area contributed by atoms with E-state index in [4.69, 9.17) is 0 Å². The molecule has 6 atom stereocenters. The Bertz CT molecular complexity index is 220. The maximum absolute atomic E-state index is 2.46. The third-order valence-electron chi connectivity index (χ3n) is 6.18. The fourth-order valence-electron chi connectivity index (χ4n) is 3.94. The van der Waals surface area contributed by atoms with E-state index in [1.54, 1.807) is 0 Å². The number of hydrogen-bond donors (Lipinski definition) is 0. The van der Waals surface area contributed by atoms with Gasteiger partial charge in [0.25, 0.3) is 0 Å². The summed E-state index contributed by atoms with van der Waals surface area (Å²) in [7, 11) is 0. The Labute approximate surface area is 116 Å². The second-order valence-electron chi connectivity index (χ2n) is 7.06. The summed E-state index contributed by atoms with van der Waals surface area (Å²) in [5.41, 5.74) is 0. The molecule has 0 aliphatic heterocycles. The van der Waals surface area contributed by atoms with E-state index in [-0.39, 0.29) is 0 Å². The van der Waals surface area contributed by atoms with Crippen LogP contribution in [0.4, 0.5) is 0 Å². The van der Waals surface area contributed by atoms with Crippen molar-refractivity contribution in [1.82, 2.24) is 0 Å². The van der Waals surface area contributed by atoms with Gasteiger partial charge in [-0.15, -0.1) is 0 Å². The lowest BCUT2D eigenvalue weighted by Crippen LogP contribution is -2.40. The zero-order valence-electron chi connectivity index (χ0n) is 13.7. The Balaban J connectivity index is 2.33. The molecule has 0 nitrogen and oxygen atoms in total. The van der Waals surface area contributed by atoms with Crippen molar-refractivity contribution in [2.75, 3.05) is 0 Å². The molecule has 0 spiro atoms. The van der Waals surface area contributed by atoms with E-state index in [1.807, 2.05) is 0 Å². The largest absolute Gasteiger partial charge is 0.0651 e. The van der Waals surface area contributed by atoms with Crippen LogP contribution < -0.4 is 0 Å². The Morgan fingerprint density at radius 2 is 1.61 bits per heavy atom. The first kappa shape index (κ1) is 16.1. The fourth-order valence-corrected chi connectivity index (χ4v) is 3.94. The third-order valence-corrected chi connectivity index (χ3v) is 6.18. The highest BCUT2D eigenvalue weighted by molar-refractivity contribution is 4.90. The van der Waals surface area contributed by atoms with E-state index < -0.39 is 0 Å². The van der Waals surface area contributed by atoms with Crippen LogP contribution in [0.15, 0.2) is 0 Å². The molecule has 0 amide bonds. The average molecular weight is 252 g/mol. The zero-order valence-corrected chi connectivity index (χ0v) is 13.7. The highest BCUT2D eigenvalue weighted by Gasteiger charge is 2.41. The molecule has 0 aromatic carbocycles. The number of rotatable bonds is 8. The quantitative estimate of drug-likeness (QED) is 0.485. The van der Waals surface area contributed by atoms with Gasteiger partial charge in [0.05, 0.1) is 0 Å². The summed E-state index contributed by atoms with van der Waals surface area (Å²) in [5.74, 6) is 5.94. The molecule has 1 aliphatic rings. The van der Waals surface area contributed by atoms with Gasteiger partial charge in [-0.3, -0.25) is 0 Å². The predicted octanol–water partition coefficient (Wildman–Crippen LogP) is 6.16. The van der Waals surface area contributed by atoms with E-state index in [9.17, 15) is 0 Å². The molecule has 6 unspecified atom stereocenters. The normalized spacial score (nSPS) is 32.7. The topological polar surface area (TPSA) is 0 Å². The first-order chi connectivity index (χ1) is 8.54. The van der Waals surface area contributed by atoms with E-state index in [0.29, 0.717) is 0 Å². The molecule has 0 aromatic heterocycles. The third kappa shape index (κ3) is 3.75. The van der Waals surface area contributed by atoms with Crippen molar-refractivity contribution in [2.45, 2.75) is 80.1 Å². The molecule has 0 N–H and O–H groups in total. The standard InChI is InChI=1S/C18H36/c1-7-13(4)15(6)10-11-16-12-18(14(5)8-2)17(16)9-3/h13-18H,7-12H2,1-6H3. The number of hydrogen-bond acceptors (Lipinski definition) is 0. The first-order valence-corrected chi connectivity index (χ1v) is 8.54. The second kappa shape index (κ2) is 7.56. The lowest BCUT2D eigenvalue weighted by molar-refractivity contribution is 0.0141. The van der Waals surface area contributed by atoms with Gasteiger partial charge >= 0.3 is 0 Å². The van der Waals surface area contributed by atoms with Gasteiger partial charge in [0.1, 0.15) is 0 Å². The van der Waals surface area contributed by atoms with Gasteiger partial charge in [-0.05, 0) is 48.3 Å². The van der Waals surface area contributed by atoms with Crippen LogP contribution in [0.3, 0.4) is 0 Å². The van der Waals surface area contributed by atoms with Gasteiger partial charge in [-0.1, -0.05) is 67.2 Å². The van der Waals surface area contributed by atoms with Crippen LogP contribution in [0.1, 0.15) is 80.1 Å². The molecule has 1 aliphatic carbocycles. The smallest absolute Gasteiger partial charge is 0.0355 e. The molecular formula is C18H36. The maximum Gasteiger partial charge on any atom is -0.0355 e. The summed E-state index contributed by atoms with van der Waals surface area (Å²) >= 11 is 0. The van der Waals surface area contributed by atoms with Crippen LogP contribution in [-0.4, -0.2) is 0 Å². The van der Waals surface area contributed by atoms with Crippen LogP contribution in [0, 0.1) is 35.5 Å². The summed E-state index contributed by atoms with van der Waals surface area (Å²) in [6.45, 7) is 14.4. The molecule has 0 radical (unpaired) electrons. The van der Waals surface area contributed by atoms with Crippen molar-refractivity contribution < 1.29 is 0 Å². The minimum Gasteiger partial charge on any atom is -0.0651 e. The molecular weight excluding hydrogens is 216 g/mol. The van der Waals surface area contributed by atoms with Crippen molar-refractivity contribution in [3.63, 3.8) is 0 Å². The monoisotopic (exact) mass is 252 g/mol. The maximum atomic E-state index is 2.46. The van der Waals surface area contributed by atoms with E-state index in [0.717, 1.165) is 35.5 Å². The van der Waals surface area contributed by atoms with Crippen molar-refractivity contribution in [1.29, 1.82) is 0 Å². The minimum absolute atomic E-state index is 0.913. The van der Waals surface area contributed by atoms with Crippen molar-refractivity contribution in [3.05, 3.63) is 0 Å². The van der Waals surface area contributed by atoms with E-state index in [1.165, 1.54) is 38.5 Å². The van der Waals surface area contributed by atoms with Gasteiger partial charge in [0, 0.05) is 0 Å². The summed E-state index contributed by atoms with van der Waals surface area (Å²) in [5, 5.41) is 0. The highest BCUT2D eigenvalue weighted by Crippen LogP contribution is 2.49. The van der Waals surface area contributed by atoms with E-state index in [2.05, 4.69) is 41.5 Å². The Kier molecular flexibility index (Phi) is 6.74. The summed E-state index contributed by atoms with van der Waals surface area (Å²) < 4.78 is 0. The van der Waals surface area contributed by atoms with Crippen LogP contribution in [0.2, 0.25) is 0 Å². The second-order valence-corrected chi connectivity index (χ2v) is 7.06. The van der Waals surface area contributed by atoms with Gasteiger partial charge in [-0.25, -0.2) is 0 Å². The van der Waals surface area contributed by atoms with Crippen LogP contribution in [0.5, 0.6) is 0 Å². The Morgan fingerprint density at radius 1 is 0.944 bits per heavy atom. The zero-order chi connectivity index (χ0) is 13.7. The predicted molar refractivity (Wildman–Crippen MR) is 82.7 cm³/mol. The van der Waals surface area contributed by atoms with Crippen LogP contribution >= 0.6 is 0 Å². The Hall–Kier alpha value is 0. The molecule has 1 fully saturated rings. The van der Waals surface area contributed by atoms with Gasteiger partial charge < -0.3 is 0 Å². The molecule has 0 heteroatoms. The van der Waals surface area contributed by atoms with Gasteiger partial charge in [0.2, 0.25) is 0 Å². The van der Waals surface area contributed by atoms with E-state index >= 15 is 0 Å². The molecule has 1 saturated carbocycles. The SMILES string of the molecule is CCC(C)C(C)CCC1CC(C(C)CC)C1CC. The lowest BCUT2D eigenvalue weighted by atomic mass is 9.57. The molecule has 0 saturated heterocycles. The summed E-state index contributed by atoms with van der Waals surface area (Å²) in [4.78, 5) is 0. The minimum atomic E-state index is 0.913. The first-order valence-electron chi connectivity index (χ1n) is 8.54. The molecule has 0 aromatic rings. The van der Waals surface area contributed by atoms with Gasteiger partial charge in [-0.2, -0.15) is 0 Å². The van der Waals surface area contributed by atoms with Crippen LogP contribution in [0.25, 0.3) is 0 Å². The fraction of sp³-hybridized carbons (Fsp3) is 1.00. The molecule has 0 heterocycles. The molecule has 1 rings (SSSR count). The molecule has 108 valence electrons. The highest BCUT2D eigenvalue weighted by atomic mass is 14.5. The summed E-state index contributed by atoms with van der Waals surface area (Å²) in [6, 6.07) is 0. The molecule has 18 heavy (non-hydrogen) atoms.